The second-order valence-corrected chi connectivity index (χ2v) is 18.1. The van der Waals surface area contributed by atoms with Crippen LogP contribution in [-0.4, -0.2) is 20.7 Å². The molecular formula is C30H54O2Si. The Morgan fingerprint density at radius 1 is 0.909 bits per heavy atom. The summed E-state index contributed by atoms with van der Waals surface area (Å²) >= 11 is 0. The summed E-state index contributed by atoms with van der Waals surface area (Å²) in [6.45, 7) is 14.9. The van der Waals surface area contributed by atoms with Crippen LogP contribution in [0.3, 0.4) is 0 Å². The molecule has 9 atom stereocenters. The highest BCUT2D eigenvalue weighted by Crippen LogP contribution is 2.68. The van der Waals surface area contributed by atoms with E-state index in [1.807, 2.05) is 0 Å². The Labute approximate surface area is 206 Å². The lowest BCUT2D eigenvalue weighted by atomic mass is 9.44. The third kappa shape index (κ3) is 4.45. The van der Waals surface area contributed by atoms with Crippen LogP contribution in [0, 0.1) is 46.3 Å². The fraction of sp³-hybridized carbons (Fsp3) is 0.967. The predicted molar refractivity (Wildman–Crippen MR) is 142 cm³/mol. The smallest absolute Gasteiger partial charge is 0.192 e. The molecule has 0 aliphatic heterocycles. The van der Waals surface area contributed by atoms with Gasteiger partial charge >= 0.3 is 0 Å². The van der Waals surface area contributed by atoms with Crippen LogP contribution in [0.5, 0.6) is 0 Å². The molecule has 0 amide bonds. The summed E-state index contributed by atoms with van der Waals surface area (Å²) in [5.41, 5.74) is 1.09. The Morgan fingerprint density at radius 3 is 2.24 bits per heavy atom. The van der Waals surface area contributed by atoms with Crippen LogP contribution >= 0.6 is 0 Å². The minimum atomic E-state index is -1.50. The molecular weight excluding hydrogens is 420 g/mol. The van der Waals surface area contributed by atoms with Gasteiger partial charge in [0.15, 0.2) is 8.32 Å². The first-order valence-corrected chi connectivity index (χ1v) is 17.4. The van der Waals surface area contributed by atoms with Gasteiger partial charge in [-0.3, -0.25) is 0 Å². The normalized spacial score (nSPS) is 43.9. The lowest BCUT2D eigenvalue weighted by Gasteiger charge is -2.61. The average Bonchev–Trinajstić information content (AvgIpc) is 3.18. The number of fused-ring (bicyclic) bond motifs is 5. The maximum absolute atomic E-state index is 11.0. The van der Waals surface area contributed by atoms with E-state index in [2.05, 4.69) is 41.5 Å². The van der Waals surface area contributed by atoms with Crippen molar-refractivity contribution in [3.63, 3.8) is 0 Å². The van der Waals surface area contributed by atoms with E-state index >= 15 is 0 Å². The maximum Gasteiger partial charge on any atom is 0.192 e. The zero-order chi connectivity index (χ0) is 23.9. The van der Waals surface area contributed by atoms with Crippen LogP contribution in [0.15, 0.2) is 0 Å². The van der Waals surface area contributed by atoms with Crippen molar-refractivity contribution >= 4 is 14.6 Å². The van der Waals surface area contributed by atoms with Crippen molar-refractivity contribution in [1.29, 1.82) is 0 Å². The summed E-state index contributed by atoms with van der Waals surface area (Å²) < 4.78 is 7.03. The molecule has 4 aliphatic rings. The second-order valence-electron chi connectivity index (χ2n) is 13.4. The van der Waals surface area contributed by atoms with Crippen molar-refractivity contribution in [2.75, 3.05) is 0 Å². The van der Waals surface area contributed by atoms with Gasteiger partial charge in [0.2, 0.25) is 0 Å². The van der Waals surface area contributed by atoms with Gasteiger partial charge in [-0.05, 0) is 129 Å². The van der Waals surface area contributed by atoms with Crippen molar-refractivity contribution in [1.82, 2.24) is 0 Å². The molecule has 0 aromatic carbocycles. The lowest BCUT2D eigenvalue weighted by molar-refractivity contribution is -0.128. The molecule has 0 aromatic rings. The second kappa shape index (κ2) is 10.1. The summed E-state index contributed by atoms with van der Waals surface area (Å²) in [7, 11) is -1.50. The topological polar surface area (TPSA) is 26.3 Å². The van der Waals surface area contributed by atoms with E-state index in [9.17, 15) is 4.79 Å². The number of rotatable bonds is 9. The first kappa shape index (κ1) is 25.9. The lowest BCUT2D eigenvalue weighted by Crippen LogP contribution is -2.55. The summed E-state index contributed by atoms with van der Waals surface area (Å²) in [5.74, 6) is 5.29. The van der Waals surface area contributed by atoms with E-state index in [1.165, 1.54) is 75.9 Å². The molecule has 0 unspecified atom stereocenters. The van der Waals surface area contributed by atoms with Crippen molar-refractivity contribution in [3.8, 4) is 0 Å². The summed E-state index contributed by atoms with van der Waals surface area (Å²) in [5, 5.41) is 0. The van der Waals surface area contributed by atoms with E-state index in [0.717, 1.165) is 48.7 Å². The van der Waals surface area contributed by atoms with E-state index in [-0.39, 0.29) is 0 Å². The first-order chi connectivity index (χ1) is 15.8. The maximum atomic E-state index is 11.0. The number of aldehydes is 1. The molecule has 4 fully saturated rings. The van der Waals surface area contributed by atoms with Gasteiger partial charge in [-0.2, -0.15) is 0 Å². The Bertz CT molecular complexity index is 666. The third-order valence-corrected chi connectivity index (χ3v) is 17.2. The minimum Gasteiger partial charge on any atom is -0.414 e. The fourth-order valence-electron chi connectivity index (χ4n) is 10.2. The zero-order valence-electron chi connectivity index (χ0n) is 22.8. The van der Waals surface area contributed by atoms with Gasteiger partial charge in [0.25, 0.3) is 0 Å². The Hall–Kier alpha value is -0.153. The van der Waals surface area contributed by atoms with Gasteiger partial charge in [-0.1, -0.05) is 41.5 Å². The number of carbonyl (C=O) groups excluding carboxylic acids is 1. The molecule has 0 bridgehead atoms. The zero-order valence-corrected chi connectivity index (χ0v) is 23.8. The summed E-state index contributed by atoms with van der Waals surface area (Å²) in [4.78, 5) is 11.0. The Kier molecular flexibility index (Phi) is 7.91. The van der Waals surface area contributed by atoms with Gasteiger partial charge in [0, 0.05) is 12.5 Å². The number of hydrogen-bond acceptors (Lipinski definition) is 2. The molecule has 190 valence electrons. The van der Waals surface area contributed by atoms with Crippen LogP contribution in [-0.2, 0) is 9.22 Å². The standard InChI is InChI=1S/C30H54O2Si/c1-7-33(8-2,9-3)32-24-16-18-29(5)23(21-24)12-13-25-27-15-14-26(22(4)11-10-20-31)30(27,6)19-17-28(25)29/h20,22-28H,7-19,21H2,1-6H3/t22-,23-,24-,25+,26-,27+,28+,29+,30-/m1/s1. The monoisotopic (exact) mass is 474 g/mol. The Morgan fingerprint density at radius 2 is 1.58 bits per heavy atom. The van der Waals surface area contributed by atoms with Crippen LogP contribution in [0.4, 0.5) is 0 Å². The Balaban J connectivity index is 1.45. The van der Waals surface area contributed by atoms with Crippen LogP contribution in [0.2, 0.25) is 18.1 Å². The molecule has 2 nitrogen and oxygen atoms in total. The van der Waals surface area contributed by atoms with Crippen LogP contribution in [0.25, 0.3) is 0 Å². The summed E-state index contributed by atoms with van der Waals surface area (Å²) in [6, 6.07) is 3.86. The van der Waals surface area contributed by atoms with E-state index in [0.29, 0.717) is 22.9 Å². The van der Waals surface area contributed by atoms with Gasteiger partial charge in [-0.25, -0.2) is 0 Å². The summed E-state index contributed by atoms with van der Waals surface area (Å²) in [6.07, 6.45) is 16.3. The molecule has 4 aliphatic carbocycles. The van der Waals surface area contributed by atoms with Gasteiger partial charge in [0.05, 0.1) is 0 Å². The van der Waals surface area contributed by atoms with Crippen molar-refractivity contribution in [2.24, 2.45) is 46.3 Å². The molecule has 0 radical (unpaired) electrons. The largest absolute Gasteiger partial charge is 0.414 e. The highest BCUT2D eigenvalue weighted by atomic mass is 28.4. The number of hydrogen-bond donors (Lipinski definition) is 0. The molecule has 0 heterocycles. The van der Waals surface area contributed by atoms with E-state index in [4.69, 9.17) is 4.43 Å². The number of carbonyl (C=O) groups is 1. The predicted octanol–water partition coefficient (Wildman–Crippen LogP) is 8.65. The highest BCUT2D eigenvalue weighted by Gasteiger charge is 2.60. The van der Waals surface area contributed by atoms with E-state index < -0.39 is 8.32 Å². The van der Waals surface area contributed by atoms with Crippen LogP contribution < -0.4 is 0 Å². The van der Waals surface area contributed by atoms with E-state index in [1.54, 1.807) is 0 Å². The van der Waals surface area contributed by atoms with Gasteiger partial charge < -0.3 is 9.22 Å². The van der Waals surface area contributed by atoms with Gasteiger partial charge in [-0.15, -0.1) is 0 Å². The average molecular weight is 475 g/mol. The molecule has 0 saturated heterocycles. The molecule has 3 heteroatoms. The molecule has 33 heavy (non-hydrogen) atoms. The van der Waals surface area contributed by atoms with Crippen molar-refractivity contribution in [2.45, 2.75) is 136 Å². The van der Waals surface area contributed by atoms with Crippen LogP contribution in [0.1, 0.15) is 112 Å². The first-order valence-electron chi connectivity index (χ1n) is 14.9. The SMILES string of the molecule is CC[Si](CC)(CC)O[C@@H]1CC[C@@]2(C)[C@H](CC[C@@H]3[C@@H]2CC[C@]2(C)[C@@H]([C@H](C)CCC=O)CC[C@@H]32)C1. The molecule has 0 spiro atoms. The molecule has 4 saturated carbocycles. The molecule has 0 N–H and O–H groups in total. The van der Waals surface area contributed by atoms with Crippen molar-refractivity contribution in [3.05, 3.63) is 0 Å². The quantitative estimate of drug-likeness (QED) is 0.247. The van der Waals surface area contributed by atoms with Crippen molar-refractivity contribution < 1.29 is 9.22 Å². The molecule has 4 rings (SSSR count). The fourth-order valence-corrected chi connectivity index (χ4v) is 13.1. The minimum absolute atomic E-state index is 0.529. The molecule has 0 aromatic heterocycles. The highest BCUT2D eigenvalue weighted by molar-refractivity contribution is 6.73. The van der Waals surface area contributed by atoms with Gasteiger partial charge in [0.1, 0.15) is 6.29 Å². The third-order valence-electron chi connectivity index (χ3n) is 12.5.